The van der Waals surface area contributed by atoms with E-state index in [0.717, 1.165) is 24.9 Å². The average molecular weight is 303 g/mol. The fraction of sp³-hybridized carbons (Fsp3) is 0.529. The molecule has 0 aromatic heterocycles. The van der Waals surface area contributed by atoms with Gasteiger partial charge in [0.05, 0.1) is 19.1 Å². The molecular formula is C17H25N3O2. The summed E-state index contributed by atoms with van der Waals surface area (Å²) in [6, 6.07) is 8.43. The van der Waals surface area contributed by atoms with E-state index >= 15 is 0 Å². The zero-order valence-electron chi connectivity index (χ0n) is 13.3. The van der Waals surface area contributed by atoms with Gasteiger partial charge in [0, 0.05) is 6.54 Å². The number of nitrogens with zero attached hydrogens (tertiary/aromatic N) is 1. The maximum Gasteiger partial charge on any atom is 0.242 e. The molecule has 0 saturated carbocycles. The van der Waals surface area contributed by atoms with Gasteiger partial charge in [-0.2, -0.15) is 0 Å². The first-order chi connectivity index (χ1) is 10.5. The summed E-state index contributed by atoms with van der Waals surface area (Å²) < 4.78 is 0. The van der Waals surface area contributed by atoms with Crippen molar-refractivity contribution in [1.82, 2.24) is 10.2 Å². The second kappa shape index (κ2) is 7.40. The lowest BCUT2D eigenvalue weighted by atomic mass is 9.85. The molecule has 120 valence electrons. The van der Waals surface area contributed by atoms with E-state index in [2.05, 4.69) is 43.4 Å². The molecule has 0 radical (unpaired) electrons. The normalized spacial score (nSPS) is 21.5. The van der Waals surface area contributed by atoms with Gasteiger partial charge in [-0.15, -0.1) is 0 Å². The van der Waals surface area contributed by atoms with Gasteiger partial charge in [0.25, 0.3) is 0 Å². The maximum atomic E-state index is 12.5. The van der Waals surface area contributed by atoms with Crippen molar-refractivity contribution in [2.45, 2.75) is 32.7 Å². The second-order valence-corrected chi connectivity index (χ2v) is 6.04. The summed E-state index contributed by atoms with van der Waals surface area (Å²) >= 11 is 0. The van der Waals surface area contributed by atoms with Crippen molar-refractivity contribution in [3.05, 3.63) is 35.4 Å². The number of amides is 2. The molecule has 2 rings (SSSR count). The number of aryl methyl sites for hydroxylation is 1. The largest absolute Gasteiger partial charge is 0.346 e. The summed E-state index contributed by atoms with van der Waals surface area (Å²) in [6.45, 7) is 4.90. The molecule has 3 N–H and O–H groups in total. The Morgan fingerprint density at radius 2 is 2.00 bits per heavy atom. The van der Waals surface area contributed by atoms with Crippen LogP contribution in [-0.2, 0) is 9.59 Å². The van der Waals surface area contributed by atoms with Gasteiger partial charge in [-0.1, -0.05) is 36.8 Å². The molecule has 0 bridgehead atoms. The molecular weight excluding hydrogens is 278 g/mol. The minimum absolute atomic E-state index is 0.0190. The molecule has 1 fully saturated rings. The van der Waals surface area contributed by atoms with E-state index in [4.69, 9.17) is 5.73 Å². The second-order valence-electron chi connectivity index (χ2n) is 6.04. The molecule has 2 unspecified atom stereocenters. The molecule has 2 amide bonds. The molecule has 1 aromatic rings. The Balaban J connectivity index is 2.14. The van der Waals surface area contributed by atoms with Crippen LogP contribution in [0.4, 0.5) is 0 Å². The number of carbonyl (C=O) groups is 2. The van der Waals surface area contributed by atoms with Gasteiger partial charge < -0.3 is 16.0 Å². The Labute approximate surface area is 131 Å². The molecule has 1 aliphatic rings. The molecule has 1 heterocycles. The third-order valence-electron chi connectivity index (χ3n) is 4.29. The van der Waals surface area contributed by atoms with Crippen LogP contribution in [0.15, 0.2) is 24.3 Å². The molecule has 2 atom stereocenters. The first kappa shape index (κ1) is 16.5. The Kier molecular flexibility index (Phi) is 5.55. The monoisotopic (exact) mass is 303 g/mol. The molecule has 1 saturated heterocycles. The summed E-state index contributed by atoms with van der Waals surface area (Å²) in [4.78, 5) is 25.6. The van der Waals surface area contributed by atoms with Crippen molar-refractivity contribution in [3.63, 3.8) is 0 Å². The van der Waals surface area contributed by atoms with E-state index in [1.807, 2.05) is 4.90 Å². The number of benzene rings is 1. The number of hydrogen-bond donors (Lipinski definition) is 2. The number of nitrogens with one attached hydrogen (secondary N) is 1. The highest BCUT2D eigenvalue weighted by molar-refractivity contribution is 5.85. The molecule has 0 spiro atoms. The maximum absolute atomic E-state index is 12.5. The van der Waals surface area contributed by atoms with Gasteiger partial charge in [-0.25, -0.2) is 0 Å². The van der Waals surface area contributed by atoms with Crippen LogP contribution in [0.3, 0.4) is 0 Å². The van der Waals surface area contributed by atoms with Gasteiger partial charge in [0.2, 0.25) is 11.8 Å². The Morgan fingerprint density at radius 1 is 1.32 bits per heavy atom. The quantitative estimate of drug-likeness (QED) is 0.882. The fourth-order valence-corrected chi connectivity index (χ4v) is 3.09. The standard InChI is InChI=1S/C17H25N3O2/c1-12-5-7-14(8-6-12)17-13(2)4-3-9-20(17)16(22)11-19-15(21)10-18/h5-8,13,17H,3-4,9-11,18H2,1-2H3,(H,19,21). The highest BCUT2D eigenvalue weighted by Gasteiger charge is 2.32. The third kappa shape index (κ3) is 3.85. The Hall–Kier alpha value is -1.88. The first-order valence-electron chi connectivity index (χ1n) is 7.85. The zero-order valence-corrected chi connectivity index (χ0v) is 13.3. The number of carbonyl (C=O) groups excluding carboxylic acids is 2. The van der Waals surface area contributed by atoms with Crippen LogP contribution in [0.1, 0.15) is 36.9 Å². The summed E-state index contributed by atoms with van der Waals surface area (Å²) in [5, 5.41) is 2.57. The predicted molar refractivity (Wildman–Crippen MR) is 86.1 cm³/mol. The summed E-state index contributed by atoms with van der Waals surface area (Å²) in [7, 11) is 0. The van der Waals surface area contributed by atoms with Crippen LogP contribution >= 0.6 is 0 Å². The Bertz CT molecular complexity index is 527. The highest BCUT2D eigenvalue weighted by atomic mass is 16.2. The van der Waals surface area contributed by atoms with Crippen LogP contribution in [0, 0.1) is 12.8 Å². The van der Waals surface area contributed by atoms with Gasteiger partial charge in [0.1, 0.15) is 0 Å². The van der Waals surface area contributed by atoms with Gasteiger partial charge in [-0.05, 0) is 31.2 Å². The lowest BCUT2D eigenvalue weighted by molar-refractivity contribution is -0.137. The zero-order chi connectivity index (χ0) is 16.1. The van der Waals surface area contributed by atoms with E-state index in [1.165, 1.54) is 5.56 Å². The fourth-order valence-electron chi connectivity index (χ4n) is 3.09. The lowest BCUT2D eigenvalue weighted by Gasteiger charge is -2.40. The van der Waals surface area contributed by atoms with Gasteiger partial charge in [0.15, 0.2) is 0 Å². The number of likely N-dealkylation sites (tertiary alicyclic amines) is 1. The number of piperidine rings is 1. The van der Waals surface area contributed by atoms with Crippen molar-refractivity contribution in [2.24, 2.45) is 11.7 Å². The first-order valence-corrected chi connectivity index (χ1v) is 7.85. The molecule has 22 heavy (non-hydrogen) atoms. The van der Waals surface area contributed by atoms with E-state index in [-0.39, 0.29) is 30.9 Å². The van der Waals surface area contributed by atoms with Crippen molar-refractivity contribution >= 4 is 11.8 Å². The number of nitrogens with two attached hydrogens (primary N) is 1. The van der Waals surface area contributed by atoms with Crippen molar-refractivity contribution < 1.29 is 9.59 Å². The minimum Gasteiger partial charge on any atom is -0.346 e. The summed E-state index contributed by atoms with van der Waals surface area (Å²) in [5.74, 6) is 0.0647. The summed E-state index contributed by atoms with van der Waals surface area (Å²) in [5.41, 5.74) is 7.63. The van der Waals surface area contributed by atoms with E-state index in [0.29, 0.717) is 5.92 Å². The molecule has 5 nitrogen and oxygen atoms in total. The van der Waals surface area contributed by atoms with Gasteiger partial charge in [-0.3, -0.25) is 9.59 Å². The summed E-state index contributed by atoms with van der Waals surface area (Å²) in [6.07, 6.45) is 2.11. The molecule has 1 aliphatic heterocycles. The SMILES string of the molecule is Cc1ccc(C2C(C)CCCN2C(=O)CNC(=O)CN)cc1. The topological polar surface area (TPSA) is 75.4 Å². The Morgan fingerprint density at radius 3 is 2.64 bits per heavy atom. The molecule has 1 aromatic carbocycles. The minimum atomic E-state index is -0.301. The van der Waals surface area contributed by atoms with Crippen molar-refractivity contribution in [2.75, 3.05) is 19.6 Å². The van der Waals surface area contributed by atoms with Crippen molar-refractivity contribution in [3.8, 4) is 0 Å². The van der Waals surface area contributed by atoms with Crippen LogP contribution in [-0.4, -0.2) is 36.3 Å². The van der Waals surface area contributed by atoms with Crippen LogP contribution in [0.2, 0.25) is 0 Å². The van der Waals surface area contributed by atoms with Crippen LogP contribution in [0.25, 0.3) is 0 Å². The lowest BCUT2D eigenvalue weighted by Crippen LogP contribution is -2.47. The molecule has 0 aliphatic carbocycles. The molecule has 5 heteroatoms. The van der Waals surface area contributed by atoms with Gasteiger partial charge >= 0.3 is 0 Å². The number of rotatable bonds is 4. The predicted octanol–water partition coefficient (Wildman–Crippen LogP) is 1.37. The van der Waals surface area contributed by atoms with E-state index < -0.39 is 0 Å². The number of hydrogen-bond acceptors (Lipinski definition) is 3. The van der Waals surface area contributed by atoms with Crippen LogP contribution in [0.5, 0.6) is 0 Å². The van der Waals surface area contributed by atoms with Crippen molar-refractivity contribution in [1.29, 1.82) is 0 Å². The third-order valence-corrected chi connectivity index (χ3v) is 4.29. The smallest absolute Gasteiger partial charge is 0.242 e. The average Bonchev–Trinajstić information content (AvgIpc) is 2.53. The van der Waals surface area contributed by atoms with E-state index in [9.17, 15) is 9.59 Å². The van der Waals surface area contributed by atoms with E-state index in [1.54, 1.807) is 0 Å². The van der Waals surface area contributed by atoms with Crippen LogP contribution < -0.4 is 11.1 Å². The highest BCUT2D eigenvalue weighted by Crippen LogP contribution is 2.35.